The number of H-pyrrole nitrogens is 1. The Hall–Kier alpha value is -1.46. The summed E-state index contributed by atoms with van der Waals surface area (Å²) in [6, 6.07) is 7.58. The van der Waals surface area contributed by atoms with Crippen LogP contribution in [0, 0.1) is 0 Å². The first-order chi connectivity index (χ1) is 10.1. The highest BCUT2D eigenvalue weighted by molar-refractivity contribution is 8.00. The van der Waals surface area contributed by atoms with Crippen molar-refractivity contribution in [2.45, 2.75) is 30.1 Å². The summed E-state index contributed by atoms with van der Waals surface area (Å²) >= 11 is 1.84. The standard InChI is InChI=1S/C16H21N3OS/c1-21-16(6-7-16)10-19-15(20)13(17)8-11-9-18-14-5-3-2-4-12(11)14/h2-5,9,13,18H,6-8,10,17H2,1H3,(H,19,20)/t13-/m0/s1. The molecule has 4 nitrogen and oxygen atoms in total. The monoisotopic (exact) mass is 303 g/mol. The predicted molar refractivity (Wildman–Crippen MR) is 88.5 cm³/mol. The molecule has 0 radical (unpaired) electrons. The number of hydrogen-bond donors (Lipinski definition) is 3. The summed E-state index contributed by atoms with van der Waals surface area (Å²) in [6.07, 6.45) is 6.98. The molecule has 0 bridgehead atoms. The summed E-state index contributed by atoms with van der Waals surface area (Å²) in [5.74, 6) is -0.0550. The van der Waals surface area contributed by atoms with Gasteiger partial charge in [0.1, 0.15) is 0 Å². The number of thioether (sulfide) groups is 1. The Bertz CT molecular complexity index is 648. The fraction of sp³-hybridized carbons (Fsp3) is 0.438. The molecule has 1 fully saturated rings. The lowest BCUT2D eigenvalue weighted by atomic mass is 10.1. The van der Waals surface area contributed by atoms with Gasteiger partial charge in [-0.05, 0) is 37.1 Å². The molecule has 1 atom stereocenters. The van der Waals surface area contributed by atoms with Crippen molar-refractivity contribution in [2.24, 2.45) is 5.73 Å². The number of benzene rings is 1. The lowest BCUT2D eigenvalue weighted by molar-refractivity contribution is -0.122. The maximum atomic E-state index is 12.1. The van der Waals surface area contributed by atoms with E-state index in [4.69, 9.17) is 5.73 Å². The first kappa shape index (κ1) is 14.5. The number of aromatic nitrogens is 1. The number of hydrogen-bond acceptors (Lipinski definition) is 3. The van der Waals surface area contributed by atoms with Crippen LogP contribution in [0.3, 0.4) is 0 Å². The van der Waals surface area contributed by atoms with Crippen LogP contribution in [0.1, 0.15) is 18.4 Å². The highest BCUT2D eigenvalue weighted by Crippen LogP contribution is 2.46. The average Bonchev–Trinajstić information content (AvgIpc) is 3.20. The van der Waals surface area contributed by atoms with E-state index in [0.29, 0.717) is 6.42 Å². The first-order valence-electron chi connectivity index (χ1n) is 7.27. The Balaban J connectivity index is 1.60. The zero-order valence-corrected chi connectivity index (χ0v) is 13.0. The van der Waals surface area contributed by atoms with Crippen molar-refractivity contribution < 1.29 is 4.79 Å². The zero-order valence-electron chi connectivity index (χ0n) is 12.2. The summed E-state index contributed by atoms with van der Waals surface area (Å²) in [6.45, 7) is 0.731. The minimum absolute atomic E-state index is 0.0550. The Morgan fingerprint density at radius 2 is 2.24 bits per heavy atom. The van der Waals surface area contributed by atoms with Crippen molar-refractivity contribution in [3.05, 3.63) is 36.0 Å². The number of carbonyl (C=O) groups is 1. The van der Waals surface area contributed by atoms with Gasteiger partial charge < -0.3 is 16.0 Å². The van der Waals surface area contributed by atoms with Gasteiger partial charge in [0.2, 0.25) is 5.91 Å². The highest BCUT2D eigenvalue weighted by atomic mass is 32.2. The highest BCUT2D eigenvalue weighted by Gasteiger charge is 2.42. The van der Waals surface area contributed by atoms with E-state index < -0.39 is 6.04 Å². The number of amides is 1. The molecule has 1 saturated carbocycles. The van der Waals surface area contributed by atoms with Crippen molar-refractivity contribution in [3.63, 3.8) is 0 Å². The third kappa shape index (κ3) is 3.09. The third-order valence-electron chi connectivity index (χ3n) is 4.28. The second-order valence-corrected chi connectivity index (χ2v) is 7.05. The molecular weight excluding hydrogens is 282 g/mol. The van der Waals surface area contributed by atoms with Crippen molar-refractivity contribution in [1.82, 2.24) is 10.3 Å². The van der Waals surface area contributed by atoms with Crippen LogP contribution in [-0.2, 0) is 11.2 Å². The van der Waals surface area contributed by atoms with Crippen LogP contribution in [0.4, 0.5) is 0 Å². The van der Waals surface area contributed by atoms with Gasteiger partial charge in [0.15, 0.2) is 0 Å². The molecule has 4 N–H and O–H groups in total. The van der Waals surface area contributed by atoms with Gasteiger partial charge in [-0.15, -0.1) is 0 Å². The van der Waals surface area contributed by atoms with E-state index in [2.05, 4.69) is 22.6 Å². The molecule has 2 aromatic rings. The number of fused-ring (bicyclic) bond motifs is 1. The van der Waals surface area contributed by atoms with E-state index in [1.54, 1.807) is 0 Å². The largest absolute Gasteiger partial charge is 0.361 e. The number of para-hydroxylation sites is 1. The fourth-order valence-electron chi connectivity index (χ4n) is 2.60. The van der Waals surface area contributed by atoms with Gasteiger partial charge in [0.25, 0.3) is 0 Å². The molecule has 1 heterocycles. The van der Waals surface area contributed by atoms with Gasteiger partial charge in [-0.3, -0.25) is 4.79 Å². The summed E-state index contributed by atoms with van der Waals surface area (Å²) in [4.78, 5) is 15.4. The fourth-order valence-corrected chi connectivity index (χ4v) is 3.33. The van der Waals surface area contributed by atoms with E-state index in [9.17, 15) is 4.79 Å². The minimum Gasteiger partial charge on any atom is -0.361 e. The molecule has 21 heavy (non-hydrogen) atoms. The van der Waals surface area contributed by atoms with Crippen LogP contribution in [0.5, 0.6) is 0 Å². The van der Waals surface area contributed by atoms with E-state index in [1.165, 1.54) is 12.8 Å². The summed E-state index contributed by atoms with van der Waals surface area (Å²) in [5, 5.41) is 4.14. The van der Waals surface area contributed by atoms with Crippen LogP contribution in [0.2, 0.25) is 0 Å². The van der Waals surface area contributed by atoms with Crippen LogP contribution >= 0.6 is 11.8 Å². The second-order valence-electron chi connectivity index (χ2n) is 5.78. The molecule has 1 aromatic heterocycles. The van der Waals surface area contributed by atoms with Gasteiger partial charge in [-0.25, -0.2) is 0 Å². The SMILES string of the molecule is CSC1(CNC(=O)[C@@H](N)Cc2c[nH]c3ccccc23)CC1. The predicted octanol–water partition coefficient (Wildman–Crippen LogP) is 2.05. The van der Waals surface area contributed by atoms with Gasteiger partial charge >= 0.3 is 0 Å². The lowest BCUT2D eigenvalue weighted by Gasteiger charge is -2.16. The number of nitrogens with two attached hydrogens (primary N) is 1. The Morgan fingerprint density at radius 1 is 1.48 bits per heavy atom. The number of carbonyl (C=O) groups excluding carboxylic acids is 1. The van der Waals surface area contributed by atoms with E-state index in [-0.39, 0.29) is 10.7 Å². The summed E-state index contributed by atoms with van der Waals surface area (Å²) < 4.78 is 0.274. The minimum atomic E-state index is -0.498. The van der Waals surface area contributed by atoms with Gasteiger partial charge in [-0.2, -0.15) is 11.8 Å². The van der Waals surface area contributed by atoms with Crippen LogP contribution in [-0.4, -0.2) is 34.5 Å². The van der Waals surface area contributed by atoms with E-state index in [0.717, 1.165) is 23.0 Å². The van der Waals surface area contributed by atoms with Gasteiger partial charge in [0, 0.05) is 28.4 Å². The first-order valence-corrected chi connectivity index (χ1v) is 8.49. The van der Waals surface area contributed by atoms with Crippen molar-refractivity contribution in [3.8, 4) is 0 Å². The van der Waals surface area contributed by atoms with Crippen molar-refractivity contribution in [1.29, 1.82) is 0 Å². The van der Waals surface area contributed by atoms with Crippen molar-refractivity contribution >= 4 is 28.6 Å². The normalized spacial score (nSPS) is 17.6. The summed E-state index contributed by atoms with van der Waals surface area (Å²) in [5.41, 5.74) is 8.24. The Labute approximate surface area is 128 Å². The molecule has 112 valence electrons. The van der Waals surface area contributed by atoms with Crippen LogP contribution < -0.4 is 11.1 Å². The number of rotatable bonds is 6. The molecule has 1 amide bonds. The lowest BCUT2D eigenvalue weighted by Crippen LogP contribution is -2.44. The molecule has 0 aliphatic heterocycles. The zero-order chi connectivity index (χ0) is 14.9. The molecular formula is C16H21N3OS. The van der Waals surface area contributed by atoms with Crippen LogP contribution in [0.25, 0.3) is 10.9 Å². The van der Waals surface area contributed by atoms with Gasteiger partial charge in [-0.1, -0.05) is 18.2 Å². The maximum Gasteiger partial charge on any atom is 0.237 e. The third-order valence-corrected chi connectivity index (χ3v) is 5.70. The molecule has 0 unspecified atom stereocenters. The molecule has 1 aliphatic carbocycles. The average molecular weight is 303 g/mol. The Morgan fingerprint density at radius 3 is 2.95 bits per heavy atom. The van der Waals surface area contributed by atoms with Crippen molar-refractivity contribution in [2.75, 3.05) is 12.8 Å². The van der Waals surface area contributed by atoms with E-state index in [1.807, 2.05) is 36.2 Å². The molecule has 0 spiro atoms. The smallest absolute Gasteiger partial charge is 0.237 e. The molecule has 0 saturated heterocycles. The quantitative estimate of drug-likeness (QED) is 0.765. The summed E-state index contributed by atoms with van der Waals surface area (Å²) in [7, 11) is 0. The topological polar surface area (TPSA) is 70.9 Å². The van der Waals surface area contributed by atoms with Gasteiger partial charge in [0.05, 0.1) is 6.04 Å². The number of nitrogens with one attached hydrogen (secondary N) is 2. The molecule has 1 aliphatic rings. The maximum absolute atomic E-state index is 12.1. The number of aromatic amines is 1. The molecule has 3 rings (SSSR count). The Kier molecular flexibility index (Phi) is 3.95. The molecule has 5 heteroatoms. The van der Waals surface area contributed by atoms with E-state index >= 15 is 0 Å². The second kappa shape index (κ2) is 5.73. The molecule has 1 aromatic carbocycles. The van der Waals surface area contributed by atoms with Crippen LogP contribution in [0.15, 0.2) is 30.5 Å².